The summed E-state index contributed by atoms with van der Waals surface area (Å²) in [5.74, 6) is -1.66. The van der Waals surface area contributed by atoms with Gasteiger partial charge in [-0.15, -0.1) is 0 Å². The normalized spacial score (nSPS) is 19.5. The van der Waals surface area contributed by atoms with Gasteiger partial charge < -0.3 is 11.1 Å². The first-order valence-electron chi connectivity index (χ1n) is 11.5. The average molecular weight is 474 g/mol. The molecule has 8 nitrogen and oxygen atoms in total. The van der Waals surface area contributed by atoms with Gasteiger partial charge in [-0.1, -0.05) is 18.6 Å². The number of nitrogens with zero attached hydrogens (tertiary/aromatic N) is 3. The van der Waals surface area contributed by atoms with Gasteiger partial charge in [0.15, 0.2) is 5.69 Å². The second kappa shape index (κ2) is 8.90. The first-order valence-corrected chi connectivity index (χ1v) is 11.5. The molecule has 0 spiro atoms. The molecule has 1 aliphatic heterocycles. The van der Waals surface area contributed by atoms with E-state index in [1.807, 2.05) is 6.07 Å². The maximum absolute atomic E-state index is 13.7. The zero-order valence-corrected chi connectivity index (χ0v) is 19.1. The number of rotatable bonds is 4. The van der Waals surface area contributed by atoms with Crippen LogP contribution in [0.25, 0.3) is 0 Å². The fourth-order valence-electron chi connectivity index (χ4n) is 5.04. The number of pyridine rings is 2. The van der Waals surface area contributed by atoms with Crippen LogP contribution < -0.4 is 11.1 Å². The van der Waals surface area contributed by atoms with Crippen LogP contribution in [0.2, 0.25) is 0 Å². The molecule has 0 bridgehead atoms. The van der Waals surface area contributed by atoms with Crippen LogP contribution >= 0.6 is 0 Å². The van der Waals surface area contributed by atoms with Crippen molar-refractivity contribution in [3.05, 3.63) is 82.7 Å². The summed E-state index contributed by atoms with van der Waals surface area (Å²) in [5, 5.41) is 2.81. The molecule has 0 saturated heterocycles. The summed E-state index contributed by atoms with van der Waals surface area (Å²) < 4.78 is 13.7. The van der Waals surface area contributed by atoms with E-state index in [0.29, 0.717) is 23.2 Å². The number of halogens is 1. The number of imide groups is 1. The van der Waals surface area contributed by atoms with Crippen molar-refractivity contribution >= 4 is 29.1 Å². The van der Waals surface area contributed by atoms with Crippen LogP contribution in [0.4, 0.5) is 15.8 Å². The number of nitrogen functional groups attached to an aromatic ring is 1. The van der Waals surface area contributed by atoms with Crippen LogP contribution in [0.3, 0.4) is 0 Å². The number of aromatic nitrogens is 2. The molecule has 35 heavy (non-hydrogen) atoms. The molecule has 1 saturated carbocycles. The van der Waals surface area contributed by atoms with Crippen molar-refractivity contribution in [1.82, 2.24) is 14.9 Å². The molecule has 3 aromatic rings. The van der Waals surface area contributed by atoms with Gasteiger partial charge in [0.25, 0.3) is 17.7 Å². The molecule has 3 amide bonds. The lowest BCUT2D eigenvalue weighted by atomic mass is 9.80. The molecule has 2 atom stereocenters. The minimum atomic E-state index is -0.581. The van der Waals surface area contributed by atoms with Gasteiger partial charge in [0.2, 0.25) is 0 Å². The van der Waals surface area contributed by atoms with Gasteiger partial charge in [-0.25, -0.2) is 9.37 Å². The molecule has 2 aromatic heterocycles. The van der Waals surface area contributed by atoms with Gasteiger partial charge in [-0.3, -0.25) is 24.3 Å². The lowest BCUT2D eigenvalue weighted by molar-refractivity contribution is 0.0539. The van der Waals surface area contributed by atoms with E-state index in [9.17, 15) is 18.8 Å². The predicted molar refractivity (Wildman–Crippen MR) is 127 cm³/mol. The minimum Gasteiger partial charge on any atom is -0.397 e. The number of amides is 3. The molecule has 9 heteroatoms. The van der Waals surface area contributed by atoms with Crippen LogP contribution in [0.15, 0.2) is 48.8 Å². The third-order valence-electron chi connectivity index (χ3n) is 6.78. The Hall–Kier alpha value is -4.14. The molecule has 2 aliphatic rings. The van der Waals surface area contributed by atoms with Crippen LogP contribution in [-0.2, 0) is 0 Å². The number of anilines is 2. The highest BCUT2D eigenvalue weighted by molar-refractivity contribution is 6.21. The summed E-state index contributed by atoms with van der Waals surface area (Å²) in [6, 6.07) is 9.55. The van der Waals surface area contributed by atoms with Gasteiger partial charge in [-0.05, 0) is 55.9 Å². The van der Waals surface area contributed by atoms with E-state index in [2.05, 4.69) is 15.3 Å². The fourth-order valence-corrected chi connectivity index (χ4v) is 5.04. The summed E-state index contributed by atoms with van der Waals surface area (Å²) in [6.07, 6.45) is 6.15. The molecular formula is C26H24FN5O3. The highest BCUT2D eigenvalue weighted by Crippen LogP contribution is 2.40. The third-order valence-corrected chi connectivity index (χ3v) is 6.78. The molecule has 1 aliphatic carbocycles. The smallest absolute Gasteiger partial charge is 0.276 e. The molecule has 1 aromatic carbocycles. The van der Waals surface area contributed by atoms with E-state index in [1.165, 1.54) is 11.8 Å². The Kier molecular flexibility index (Phi) is 5.76. The van der Waals surface area contributed by atoms with Crippen LogP contribution in [0, 0.1) is 12.7 Å². The van der Waals surface area contributed by atoms with Crippen LogP contribution in [-0.4, -0.2) is 38.6 Å². The number of fused-ring (bicyclic) bond motifs is 1. The summed E-state index contributed by atoms with van der Waals surface area (Å²) in [4.78, 5) is 48.4. The van der Waals surface area contributed by atoms with Gasteiger partial charge in [-0.2, -0.15) is 0 Å². The van der Waals surface area contributed by atoms with Crippen molar-refractivity contribution in [1.29, 1.82) is 0 Å². The van der Waals surface area contributed by atoms with Crippen molar-refractivity contribution < 1.29 is 18.8 Å². The molecule has 3 heterocycles. The first kappa shape index (κ1) is 22.6. The fraction of sp³-hybridized carbons (Fsp3) is 0.269. The summed E-state index contributed by atoms with van der Waals surface area (Å²) in [7, 11) is 0. The number of benzene rings is 1. The Labute approximate surface area is 201 Å². The Bertz CT molecular complexity index is 1320. The Balaban J connectivity index is 1.38. The standard InChI is InChI=1S/C26H24FN5O3/c1-14-20(27)12-21(28)23(30-14)24(33)31-22-13-29-10-9-17(22)15-5-4-6-16(11-15)32-25(34)18-7-2-3-8-19(18)26(32)35/h2-3,7-10,12-13,15-16H,4-6,11,28H2,1H3,(H,31,33). The van der Waals surface area contributed by atoms with Crippen LogP contribution in [0.1, 0.15) is 74.1 Å². The number of aryl methyl sites for hydroxylation is 1. The number of hydrogen-bond acceptors (Lipinski definition) is 6. The highest BCUT2D eigenvalue weighted by atomic mass is 19.1. The van der Waals surface area contributed by atoms with Gasteiger partial charge in [0.1, 0.15) is 5.82 Å². The number of nitrogens with two attached hydrogens (primary N) is 1. The van der Waals surface area contributed by atoms with E-state index in [4.69, 9.17) is 5.73 Å². The second-order valence-corrected chi connectivity index (χ2v) is 8.95. The van der Waals surface area contributed by atoms with E-state index >= 15 is 0 Å². The molecule has 5 rings (SSSR count). The van der Waals surface area contributed by atoms with E-state index in [-0.39, 0.29) is 40.8 Å². The van der Waals surface area contributed by atoms with Gasteiger partial charge >= 0.3 is 0 Å². The topological polar surface area (TPSA) is 118 Å². The molecule has 178 valence electrons. The molecule has 2 unspecified atom stereocenters. The lowest BCUT2D eigenvalue weighted by Crippen LogP contribution is -2.42. The van der Waals surface area contributed by atoms with Crippen LogP contribution in [0.5, 0.6) is 0 Å². The number of nitrogens with one attached hydrogen (secondary N) is 1. The van der Waals surface area contributed by atoms with E-state index < -0.39 is 11.7 Å². The Morgan fingerprint density at radius 1 is 1.14 bits per heavy atom. The monoisotopic (exact) mass is 473 g/mol. The quantitative estimate of drug-likeness (QED) is 0.551. The first-order chi connectivity index (χ1) is 16.8. The number of carbonyl (C=O) groups is 3. The van der Waals surface area contributed by atoms with Crippen molar-refractivity contribution in [3.8, 4) is 0 Å². The van der Waals surface area contributed by atoms with Crippen molar-refractivity contribution in [3.63, 3.8) is 0 Å². The summed E-state index contributed by atoms with van der Waals surface area (Å²) in [5.41, 5.74) is 8.01. The molecular weight excluding hydrogens is 449 g/mol. The molecule has 1 fully saturated rings. The van der Waals surface area contributed by atoms with E-state index in [1.54, 1.807) is 36.7 Å². The SMILES string of the molecule is Cc1nc(C(=O)Nc2cnccc2C2CCCC(N3C(=O)c4ccccc4C3=O)C2)c(N)cc1F. The highest BCUT2D eigenvalue weighted by Gasteiger charge is 2.41. The maximum atomic E-state index is 13.7. The van der Waals surface area contributed by atoms with Crippen molar-refractivity contribution in [2.45, 2.75) is 44.6 Å². The predicted octanol–water partition coefficient (Wildman–Crippen LogP) is 4.08. The summed E-state index contributed by atoms with van der Waals surface area (Å²) >= 11 is 0. The maximum Gasteiger partial charge on any atom is 0.276 e. The van der Waals surface area contributed by atoms with Crippen molar-refractivity contribution in [2.24, 2.45) is 0 Å². The van der Waals surface area contributed by atoms with Gasteiger partial charge in [0.05, 0.1) is 34.4 Å². The minimum absolute atomic E-state index is 0.00313. The van der Waals surface area contributed by atoms with Gasteiger partial charge in [0, 0.05) is 18.3 Å². The third kappa shape index (κ3) is 4.03. The Morgan fingerprint density at radius 2 is 1.86 bits per heavy atom. The largest absolute Gasteiger partial charge is 0.397 e. The Morgan fingerprint density at radius 3 is 2.57 bits per heavy atom. The second-order valence-electron chi connectivity index (χ2n) is 8.95. The number of hydrogen-bond donors (Lipinski definition) is 2. The van der Waals surface area contributed by atoms with E-state index in [0.717, 1.165) is 30.9 Å². The molecule has 0 radical (unpaired) electrons. The zero-order valence-electron chi connectivity index (χ0n) is 19.1. The average Bonchev–Trinajstić information content (AvgIpc) is 3.11. The zero-order chi connectivity index (χ0) is 24.7. The van der Waals surface area contributed by atoms with Crippen molar-refractivity contribution in [2.75, 3.05) is 11.1 Å². The summed E-state index contributed by atoms with van der Waals surface area (Å²) in [6.45, 7) is 1.46. The lowest BCUT2D eigenvalue weighted by Gasteiger charge is -2.35. The number of carbonyl (C=O) groups excluding carboxylic acids is 3. The molecule has 3 N–H and O–H groups in total.